The predicted molar refractivity (Wildman–Crippen MR) is 66.1 cm³/mol. The van der Waals surface area contributed by atoms with E-state index in [0.717, 1.165) is 12.3 Å². The lowest BCUT2D eigenvalue weighted by atomic mass is 10.2. The van der Waals surface area contributed by atoms with Gasteiger partial charge in [-0.15, -0.1) is 0 Å². The zero-order valence-electron chi connectivity index (χ0n) is 9.81. The lowest BCUT2D eigenvalue weighted by molar-refractivity contribution is -0.385. The monoisotopic (exact) mass is 310 g/mol. The first kappa shape index (κ1) is 16.0. The highest BCUT2D eigenvalue weighted by Gasteiger charge is 2.27. The molecule has 110 valence electrons. The van der Waals surface area contributed by atoms with Crippen molar-refractivity contribution >= 4 is 29.2 Å². The predicted octanol–water partition coefficient (Wildman–Crippen LogP) is 1.55. The summed E-state index contributed by atoms with van der Waals surface area (Å²) in [6.45, 7) is -0.289. The molecule has 0 spiro atoms. The summed E-state index contributed by atoms with van der Waals surface area (Å²) in [5.41, 5.74) is 0.00275. The number of anilines is 1. The third-order valence-corrected chi connectivity index (χ3v) is 2.73. The molecule has 0 aliphatic carbocycles. The molecule has 1 aromatic rings. The summed E-state index contributed by atoms with van der Waals surface area (Å²) in [5.74, 6) is -1.39. The Kier molecular flexibility index (Phi) is 5.13. The number of amides is 1. The highest BCUT2D eigenvalue weighted by molar-refractivity contribution is 8.00. The van der Waals surface area contributed by atoms with Gasteiger partial charge in [-0.2, -0.15) is 13.2 Å². The summed E-state index contributed by atoms with van der Waals surface area (Å²) in [6, 6.07) is 0.990. The van der Waals surface area contributed by atoms with Crippen molar-refractivity contribution in [2.45, 2.75) is 5.51 Å². The third kappa shape index (κ3) is 4.91. The van der Waals surface area contributed by atoms with Crippen molar-refractivity contribution in [2.24, 2.45) is 0 Å². The highest BCUT2D eigenvalue weighted by atomic mass is 32.2. The molecule has 0 aliphatic heterocycles. The van der Waals surface area contributed by atoms with Crippen LogP contribution in [-0.4, -0.2) is 33.6 Å². The molecule has 0 aromatic carbocycles. The summed E-state index contributed by atoms with van der Waals surface area (Å²) in [4.78, 5) is 25.0. The minimum Gasteiger partial charge on any atom is -0.384 e. The highest BCUT2D eigenvalue weighted by Crippen LogP contribution is 2.29. The van der Waals surface area contributed by atoms with E-state index >= 15 is 0 Å². The summed E-state index contributed by atoms with van der Waals surface area (Å²) in [7, 11) is 0. The Morgan fingerprint density at radius 3 is 2.75 bits per heavy atom. The maximum Gasteiger partial charge on any atom is 0.441 e. The molecule has 3 N–H and O–H groups in total. The van der Waals surface area contributed by atoms with Crippen molar-refractivity contribution in [3.05, 3.63) is 27.9 Å². The molecule has 1 aromatic heterocycles. The van der Waals surface area contributed by atoms with Crippen LogP contribution in [0.5, 0.6) is 0 Å². The van der Waals surface area contributed by atoms with E-state index < -0.39 is 27.8 Å². The van der Waals surface area contributed by atoms with Crippen molar-refractivity contribution < 1.29 is 22.9 Å². The number of carbonyl (C=O) groups excluding carboxylic acids is 1. The molecule has 0 atom stereocenters. The topological polar surface area (TPSA) is 111 Å². The van der Waals surface area contributed by atoms with Crippen LogP contribution >= 0.6 is 11.8 Å². The first-order valence-corrected chi connectivity index (χ1v) is 6.08. The molecule has 0 radical (unpaired) electrons. The minimum atomic E-state index is -4.39. The van der Waals surface area contributed by atoms with Crippen molar-refractivity contribution in [1.82, 2.24) is 10.3 Å². The van der Waals surface area contributed by atoms with Crippen molar-refractivity contribution in [2.75, 3.05) is 18.0 Å². The molecular weight excluding hydrogens is 301 g/mol. The van der Waals surface area contributed by atoms with Crippen LogP contribution in [-0.2, 0) is 0 Å². The van der Waals surface area contributed by atoms with Crippen LogP contribution in [0.25, 0.3) is 0 Å². The molecule has 0 bridgehead atoms. The molecule has 0 saturated carbocycles. The maximum atomic E-state index is 11.9. The van der Waals surface area contributed by atoms with Gasteiger partial charge in [-0.25, -0.2) is 4.98 Å². The Hall–Kier alpha value is -2.04. The number of nitro groups is 1. The molecule has 0 unspecified atom stereocenters. The second-order valence-corrected chi connectivity index (χ2v) is 4.59. The number of carbonyl (C=O) groups is 1. The largest absolute Gasteiger partial charge is 0.441 e. The van der Waals surface area contributed by atoms with Gasteiger partial charge in [0.1, 0.15) is 17.6 Å². The van der Waals surface area contributed by atoms with E-state index in [1.165, 1.54) is 0 Å². The number of hydrogen-bond acceptors (Lipinski definition) is 6. The number of nitrogens with one attached hydrogen (secondary N) is 1. The molecule has 0 fully saturated rings. The fourth-order valence-electron chi connectivity index (χ4n) is 1.22. The number of hydrogen-bond donors (Lipinski definition) is 2. The van der Waals surface area contributed by atoms with E-state index in [-0.39, 0.29) is 29.7 Å². The number of pyridine rings is 1. The average molecular weight is 310 g/mol. The number of alkyl halides is 3. The van der Waals surface area contributed by atoms with Gasteiger partial charge in [0.15, 0.2) is 0 Å². The number of nitrogen functional groups attached to an aromatic ring is 1. The van der Waals surface area contributed by atoms with Crippen molar-refractivity contribution in [3.63, 3.8) is 0 Å². The number of halogens is 3. The minimum absolute atomic E-state index is 0.106. The molecule has 11 heteroatoms. The van der Waals surface area contributed by atoms with Gasteiger partial charge in [0, 0.05) is 12.3 Å². The Morgan fingerprint density at radius 1 is 1.55 bits per heavy atom. The molecule has 0 aliphatic rings. The SMILES string of the molecule is Nc1cc(C(=O)NCCSC(F)(F)F)c([N+](=O)[O-])cn1. The zero-order chi connectivity index (χ0) is 15.3. The van der Waals surface area contributed by atoms with E-state index in [2.05, 4.69) is 10.3 Å². The number of rotatable bonds is 5. The molecule has 7 nitrogen and oxygen atoms in total. The van der Waals surface area contributed by atoms with Gasteiger partial charge in [-0.1, -0.05) is 0 Å². The Labute approximate surface area is 114 Å². The van der Waals surface area contributed by atoms with Gasteiger partial charge >= 0.3 is 5.51 Å². The van der Waals surface area contributed by atoms with Gasteiger partial charge in [-0.05, 0) is 17.8 Å². The van der Waals surface area contributed by atoms with Crippen LogP contribution in [0, 0.1) is 10.1 Å². The molecule has 1 rings (SSSR count). The molecule has 0 saturated heterocycles. The van der Waals surface area contributed by atoms with Crippen LogP contribution in [0.15, 0.2) is 12.3 Å². The lowest BCUT2D eigenvalue weighted by Gasteiger charge is -2.07. The fraction of sp³-hybridized carbons (Fsp3) is 0.333. The van der Waals surface area contributed by atoms with E-state index in [9.17, 15) is 28.1 Å². The molecular formula is C9H9F3N4O3S. The van der Waals surface area contributed by atoms with Crippen LogP contribution in [0.1, 0.15) is 10.4 Å². The number of nitrogens with zero attached hydrogens (tertiary/aromatic N) is 2. The summed E-state index contributed by atoms with van der Waals surface area (Å²) in [6.07, 6.45) is 0.814. The number of thioether (sulfide) groups is 1. The van der Waals surface area contributed by atoms with E-state index in [1.54, 1.807) is 0 Å². The van der Waals surface area contributed by atoms with E-state index in [4.69, 9.17) is 5.73 Å². The third-order valence-electron chi connectivity index (χ3n) is 2.00. The first-order valence-electron chi connectivity index (χ1n) is 5.09. The number of nitrogens with two attached hydrogens (primary N) is 1. The fourth-order valence-corrected chi connectivity index (χ4v) is 1.65. The molecule has 1 amide bonds. The van der Waals surface area contributed by atoms with Gasteiger partial charge in [0.05, 0.1) is 4.92 Å². The van der Waals surface area contributed by atoms with Crippen molar-refractivity contribution in [3.8, 4) is 0 Å². The summed E-state index contributed by atoms with van der Waals surface area (Å²) >= 11 is -0.301. The van der Waals surface area contributed by atoms with Gasteiger partial charge in [-0.3, -0.25) is 14.9 Å². The first-order chi connectivity index (χ1) is 9.20. The second kappa shape index (κ2) is 6.41. The van der Waals surface area contributed by atoms with Crippen molar-refractivity contribution in [1.29, 1.82) is 0 Å². The molecule has 20 heavy (non-hydrogen) atoms. The van der Waals surface area contributed by atoms with Crippen LogP contribution < -0.4 is 11.1 Å². The average Bonchev–Trinajstić information content (AvgIpc) is 2.32. The number of aromatic nitrogens is 1. The summed E-state index contributed by atoms with van der Waals surface area (Å²) < 4.78 is 35.6. The quantitative estimate of drug-likeness (QED) is 0.485. The van der Waals surface area contributed by atoms with Crippen LogP contribution in [0.4, 0.5) is 24.7 Å². The van der Waals surface area contributed by atoms with E-state index in [1.807, 2.05) is 0 Å². The normalized spacial score (nSPS) is 11.2. The van der Waals surface area contributed by atoms with Crippen LogP contribution in [0.2, 0.25) is 0 Å². The van der Waals surface area contributed by atoms with Crippen LogP contribution in [0.3, 0.4) is 0 Å². The zero-order valence-corrected chi connectivity index (χ0v) is 10.6. The smallest absolute Gasteiger partial charge is 0.384 e. The second-order valence-electron chi connectivity index (χ2n) is 3.43. The van der Waals surface area contributed by atoms with Gasteiger partial charge < -0.3 is 11.1 Å². The standard InChI is InChI=1S/C9H9F3N4O3S/c10-9(11,12)20-2-1-14-8(17)5-3-7(13)15-4-6(5)16(18)19/h3-4H,1-2H2,(H2,13,15)(H,14,17). The Bertz CT molecular complexity index is 524. The van der Waals surface area contributed by atoms with Gasteiger partial charge in [0.2, 0.25) is 0 Å². The Morgan fingerprint density at radius 2 is 2.20 bits per heavy atom. The van der Waals surface area contributed by atoms with Gasteiger partial charge in [0.25, 0.3) is 11.6 Å². The Balaban J connectivity index is 2.68. The lowest BCUT2D eigenvalue weighted by Crippen LogP contribution is -2.27. The maximum absolute atomic E-state index is 11.9. The molecule has 1 heterocycles. The van der Waals surface area contributed by atoms with E-state index in [0.29, 0.717) is 0 Å². The summed E-state index contributed by atoms with van der Waals surface area (Å²) in [5, 5.41) is 12.8.